The summed E-state index contributed by atoms with van der Waals surface area (Å²) in [6, 6.07) is 8.87. The second kappa shape index (κ2) is 5.31. The maximum atomic E-state index is 5.96. The lowest BCUT2D eigenvalue weighted by molar-refractivity contribution is 0.233. The van der Waals surface area contributed by atoms with Gasteiger partial charge in [-0.3, -0.25) is 0 Å². The van der Waals surface area contributed by atoms with Crippen LogP contribution in [0.2, 0.25) is 0 Å². The second-order valence-corrected chi connectivity index (χ2v) is 5.85. The summed E-state index contributed by atoms with van der Waals surface area (Å²) in [4.78, 5) is 0. The van der Waals surface area contributed by atoms with Gasteiger partial charge in [0.15, 0.2) is 0 Å². The Bertz CT molecular complexity index is 396. The fourth-order valence-electron chi connectivity index (χ4n) is 2.50. The van der Waals surface area contributed by atoms with Crippen molar-refractivity contribution in [3.63, 3.8) is 0 Å². The third-order valence-electron chi connectivity index (χ3n) is 3.74. The topological polar surface area (TPSA) is 21.3 Å². The lowest BCUT2D eigenvalue weighted by atomic mass is 9.91. The SMILES string of the molecule is CCNC(c1ccccc1OC(C)C)C1(C)CC1. The number of ether oxygens (including phenoxy) is 1. The molecule has 0 amide bonds. The van der Waals surface area contributed by atoms with Gasteiger partial charge in [-0.25, -0.2) is 0 Å². The number of hydrogen-bond acceptors (Lipinski definition) is 2. The van der Waals surface area contributed by atoms with Crippen molar-refractivity contribution in [2.24, 2.45) is 5.41 Å². The van der Waals surface area contributed by atoms with E-state index in [0.29, 0.717) is 11.5 Å². The van der Waals surface area contributed by atoms with Crippen LogP contribution in [0, 0.1) is 5.41 Å². The molecule has 1 aliphatic rings. The highest BCUT2D eigenvalue weighted by Gasteiger charge is 2.45. The summed E-state index contributed by atoms with van der Waals surface area (Å²) in [5, 5.41) is 3.63. The quantitative estimate of drug-likeness (QED) is 0.822. The van der Waals surface area contributed by atoms with E-state index in [4.69, 9.17) is 4.74 Å². The molecule has 100 valence electrons. The molecule has 2 heteroatoms. The molecule has 0 bridgehead atoms. The Labute approximate surface area is 111 Å². The van der Waals surface area contributed by atoms with Gasteiger partial charge in [0.1, 0.15) is 5.75 Å². The van der Waals surface area contributed by atoms with Gasteiger partial charge in [-0.1, -0.05) is 32.0 Å². The van der Waals surface area contributed by atoms with Crippen LogP contribution < -0.4 is 10.1 Å². The first-order valence-electron chi connectivity index (χ1n) is 7.06. The van der Waals surface area contributed by atoms with E-state index in [9.17, 15) is 0 Å². The van der Waals surface area contributed by atoms with Crippen LogP contribution in [-0.2, 0) is 0 Å². The number of para-hydroxylation sites is 1. The van der Waals surface area contributed by atoms with E-state index >= 15 is 0 Å². The van der Waals surface area contributed by atoms with Crippen molar-refractivity contribution in [2.45, 2.75) is 52.7 Å². The van der Waals surface area contributed by atoms with E-state index < -0.39 is 0 Å². The van der Waals surface area contributed by atoms with Gasteiger partial charge in [0, 0.05) is 11.6 Å². The smallest absolute Gasteiger partial charge is 0.124 e. The minimum Gasteiger partial charge on any atom is -0.491 e. The minimum absolute atomic E-state index is 0.223. The fourth-order valence-corrected chi connectivity index (χ4v) is 2.50. The predicted octanol–water partition coefficient (Wildman–Crippen LogP) is 3.92. The summed E-state index contributed by atoms with van der Waals surface area (Å²) >= 11 is 0. The molecule has 1 unspecified atom stereocenters. The summed E-state index contributed by atoms with van der Waals surface area (Å²) in [5.74, 6) is 1.03. The van der Waals surface area contributed by atoms with Crippen LogP contribution in [0.25, 0.3) is 0 Å². The standard InChI is InChI=1S/C16H25NO/c1-5-17-15(16(4)10-11-16)13-8-6-7-9-14(13)18-12(2)3/h6-9,12,15,17H,5,10-11H2,1-4H3. The molecule has 1 fully saturated rings. The lowest BCUT2D eigenvalue weighted by Gasteiger charge is -2.27. The van der Waals surface area contributed by atoms with Crippen molar-refractivity contribution in [3.8, 4) is 5.75 Å². The Hall–Kier alpha value is -1.02. The summed E-state index contributed by atoms with van der Waals surface area (Å²) in [5.41, 5.74) is 1.72. The highest BCUT2D eigenvalue weighted by atomic mass is 16.5. The molecule has 0 heterocycles. The molecule has 0 aliphatic heterocycles. The summed E-state index contributed by atoms with van der Waals surface area (Å²) in [6.07, 6.45) is 2.84. The van der Waals surface area contributed by atoms with Crippen LogP contribution in [0.4, 0.5) is 0 Å². The largest absolute Gasteiger partial charge is 0.491 e. The fraction of sp³-hybridized carbons (Fsp3) is 0.625. The maximum Gasteiger partial charge on any atom is 0.124 e. The van der Waals surface area contributed by atoms with Crippen molar-refractivity contribution in [2.75, 3.05) is 6.54 Å². The zero-order chi connectivity index (χ0) is 13.2. The average molecular weight is 247 g/mol. The monoisotopic (exact) mass is 247 g/mol. The van der Waals surface area contributed by atoms with E-state index in [-0.39, 0.29) is 6.10 Å². The predicted molar refractivity (Wildman–Crippen MR) is 76.0 cm³/mol. The Kier molecular flexibility index (Phi) is 3.96. The van der Waals surface area contributed by atoms with Gasteiger partial charge < -0.3 is 10.1 Å². The zero-order valence-electron chi connectivity index (χ0n) is 12.0. The van der Waals surface area contributed by atoms with E-state index in [1.54, 1.807) is 0 Å². The van der Waals surface area contributed by atoms with Gasteiger partial charge in [-0.2, -0.15) is 0 Å². The van der Waals surface area contributed by atoms with Crippen LogP contribution >= 0.6 is 0 Å². The Morgan fingerprint density at radius 1 is 1.28 bits per heavy atom. The maximum absolute atomic E-state index is 5.96. The summed E-state index contributed by atoms with van der Waals surface area (Å²) < 4.78 is 5.96. The highest BCUT2D eigenvalue weighted by molar-refractivity contribution is 5.38. The van der Waals surface area contributed by atoms with E-state index in [0.717, 1.165) is 12.3 Å². The van der Waals surface area contributed by atoms with Crippen LogP contribution in [0.3, 0.4) is 0 Å². The Morgan fingerprint density at radius 2 is 1.94 bits per heavy atom. The molecular formula is C16H25NO. The van der Waals surface area contributed by atoms with Crippen molar-refractivity contribution < 1.29 is 4.74 Å². The molecule has 2 rings (SSSR count). The number of nitrogens with one attached hydrogen (secondary N) is 1. The normalized spacial score (nSPS) is 18.7. The van der Waals surface area contributed by atoms with Crippen LogP contribution in [-0.4, -0.2) is 12.6 Å². The Balaban J connectivity index is 2.29. The number of hydrogen-bond donors (Lipinski definition) is 1. The first-order valence-corrected chi connectivity index (χ1v) is 7.06. The third kappa shape index (κ3) is 2.86. The number of rotatable bonds is 6. The molecule has 0 spiro atoms. The zero-order valence-corrected chi connectivity index (χ0v) is 12.0. The Morgan fingerprint density at radius 3 is 2.50 bits per heavy atom. The first-order chi connectivity index (χ1) is 8.57. The molecule has 0 aromatic heterocycles. The molecule has 0 radical (unpaired) electrons. The van der Waals surface area contributed by atoms with Crippen molar-refractivity contribution in [1.82, 2.24) is 5.32 Å². The van der Waals surface area contributed by atoms with Gasteiger partial charge in [-0.15, -0.1) is 0 Å². The molecule has 0 saturated heterocycles. The molecule has 2 nitrogen and oxygen atoms in total. The molecule has 18 heavy (non-hydrogen) atoms. The lowest BCUT2D eigenvalue weighted by Crippen LogP contribution is -2.28. The van der Waals surface area contributed by atoms with Crippen LogP contribution in [0.15, 0.2) is 24.3 Å². The van der Waals surface area contributed by atoms with Crippen LogP contribution in [0.1, 0.15) is 52.1 Å². The minimum atomic E-state index is 0.223. The highest BCUT2D eigenvalue weighted by Crippen LogP contribution is 2.55. The average Bonchev–Trinajstić information content (AvgIpc) is 3.06. The van der Waals surface area contributed by atoms with Gasteiger partial charge >= 0.3 is 0 Å². The first kappa shape index (κ1) is 13.4. The van der Waals surface area contributed by atoms with Gasteiger partial charge in [0.05, 0.1) is 6.10 Å². The molecule has 1 atom stereocenters. The van der Waals surface area contributed by atoms with E-state index in [2.05, 4.69) is 57.3 Å². The van der Waals surface area contributed by atoms with Crippen molar-refractivity contribution >= 4 is 0 Å². The van der Waals surface area contributed by atoms with E-state index in [1.165, 1.54) is 18.4 Å². The van der Waals surface area contributed by atoms with Gasteiger partial charge in [-0.05, 0) is 44.7 Å². The molecule has 1 aromatic carbocycles. The summed E-state index contributed by atoms with van der Waals surface area (Å²) in [7, 11) is 0. The third-order valence-corrected chi connectivity index (χ3v) is 3.74. The van der Waals surface area contributed by atoms with Gasteiger partial charge in [0.2, 0.25) is 0 Å². The van der Waals surface area contributed by atoms with Gasteiger partial charge in [0.25, 0.3) is 0 Å². The molecule has 1 aliphatic carbocycles. The molecular weight excluding hydrogens is 222 g/mol. The van der Waals surface area contributed by atoms with Crippen molar-refractivity contribution in [3.05, 3.63) is 29.8 Å². The second-order valence-electron chi connectivity index (χ2n) is 5.85. The van der Waals surface area contributed by atoms with Crippen LogP contribution in [0.5, 0.6) is 5.75 Å². The molecule has 1 N–H and O–H groups in total. The van der Waals surface area contributed by atoms with E-state index in [1.807, 2.05) is 0 Å². The summed E-state index contributed by atoms with van der Waals surface area (Å²) in [6.45, 7) is 9.70. The molecule has 1 aromatic rings. The molecule has 1 saturated carbocycles. The number of benzene rings is 1. The van der Waals surface area contributed by atoms with Crippen molar-refractivity contribution in [1.29, 1.82) is 0 Å².